The van der Waals surface area contributed by atoms with Crippen LogP contribution in [0.2, 0.25) is 0 Å². The number of nitrogens with one attached hydrogen (secondary N) is 2. The zero-order chi connectivity index (χ0) is 12.7. The first-order valence-electron chi connectivity index (χ1n) is 4.55. The Bertz CT molecular complexity index is 427. The van der Waals surface area contributed by atoms with Crippen LogP contribution in [0.3, 0.4) is 0 Å². The van der Waals surface area contributed by atoms with Crippen molar-refractivity contribution >= 4 is 18.1 Å². The van der Waals surface area contributed by atoms with E-state index in [0.717, 1.165) is 6.21 Å². The summed E-state index contributed by atoms with van der Waals surface area (Å²) < 4.78 is 4.75. The van der Waals surface area contributed by atoms with Crippen molar-refractivity contribution in [2.24, 2.45) is 5.10 Å². The topological polar surface area (TPSA) is 130 Å². The third-order valence-corrected chi connectivity index (χ3v) is 1.55. The summed E-state index contributed by atoms with van der Waals surface area (Å²) in [6, 6.07) is 1.92. The Labute approximate surface area is 95.3 Å². The molecule has 3 N–H and O–H groups in total. The second-order valence-corrected chi connectivity index (χ2v) is 2.78. The summed E-state index contributed by atoms with van der Waals surface area (Å²) in [4.78, 5) is 20.5. The highest BCUT2D eigenvalue weighted by molar-refractivity contribution is 5.79. The molecule has 0 bridgehead atoms. The summed E-state index contributed by atoms with van der Waals surface area (Å²) in [5.74, 6) is -0.268. The van der Waals surface area contributed by atoms with Gasteiger partial charge in [-0.2, -0.15) is 5.10 Å². The van der Waals surface area contributed by atoms with E-state index >= 15 is 0 Å². The molecule has 9 heteroatoms. The third kappa shape index (κ3) is 4.30. The number of furan rings is 1. The molecule has 0 aliphatic heterocycles. The van der Waals surface area contributed by atoms with Crippen molar-refractivity contribution in [1.29, 1.82) is 0 Å². The van der Waals surface area contributed by atoms with E-state index in [2.05, 4.69) is 15.8 Å². The molecule has 9 nitrogen and oxygen atoms in total. The minimum Gasteiger partial charge on any atom is -0.400 e. The quantitative estimate of drug-likeness (QED) is 0.374. The van der Waals surface area contributed by atoms with Gasteiger partial charge in [0.2, 0.25) is 0 Å². The van der Waals surface area contributed by atoms with E-state index in [9.17, 15) is 14.9 Å². The van der Waals surface area contributed by atoms with Gasteiger partial charge in [0, 0.05) is 6.54 Å². The van der Waals surface area contributed by atoms with Crippen LogP contribution >= 0.6 is 0 Å². The first-order valence-corrected chi connectivity index (χ1v) is 4.55. The van der Waals surface area contributed by atoms with Crippen LogP contribution in [0.4, 0.5) is 10.7 Å². The Hall–Kier alpha value is -2.42. The van der Waals surface area contributed by atoms with Crippen molar-refractivity contribution in [1.82, 2.24) is 10.7 Å². The van der Waals surface area contributed by atoms with Crippen molar-refractivity contribution in [3.63, 3.8) is 0 Å². The average Bonchev–Trinajstić information content (AvgIpc) is 2.75. The van der Waals surface area contributed by atoms with Crippen LogP contribution in [-0.2, 0) is 0 Å². The highest BCUT2D eigenvalue weighted by atomic mass is 16.6. The minimum absolute atomic E-state index is 0.105. The average molecular weight is 242 g/mol. The molecule has 92 valence electrons. The monoisotopic (exact) mass is 242 g/mol. The lowest BCUT2D eigenvalue weighted by atomic mass is 10.5. The number of hydrazone groups is 1. The van der Waals surface area contributed by atoms with Gasteiger partial charge in [-0.1, -0.05) is 0 Å². The molecule has 1 rings (SSSR count). The Kier molecular flexibility index (Phi) is 4.63. The van der Waals surface area contributed by atoms with Gasteiger partial charge in [-0.25, -0.2) is 10.2 Å². The molecule has 0 saturated heterocycles. The summed E-state index contributed by atoms with van der Waals surface area (Å²) in [6.07, 6.45) is 1.12. The normalized spacial score (nSPS) is 10.4. The van der Waals surface area contributed by atoms with Crippen LogP contribution in [0.5, 0.6) is 0 Å². The molecule has 0 radical (unpaired) electrons. The van der Waals surface area contributed by atoms with Crippen LogP contribution in [0.15, 0.2) is 21.7 Å². The number of aliphatic hydroxyl groups excluding tert-OH is 1. The lowest BCUT2D eigenvalue weighted by Gasteiger charge is -1.99. The number of aliphatic hydroxyl groups is 1. The van der Waals surface area contributed by atoms with Gasteiger partial charge in [-0.05, 0) is 6.07 Å². The highest BCUT2D eigenvalue weighted by Gasteiger charge is 2.10. The number of nitro groups is 1. The Morgan fingerprint density at radius 1 is 1.65 bits per heavy atom. The summed E-state index contributed by atoms with van der Waals surface area (Å²) in [5.41, 5.74) is 2.08. The van der Waals surface area contributed by atoms with Gasteiger partial charge >= 0.3 is 11.9 Å². The number of rotatable bonds is 5. The van der Waals surface area contributed by atoms with Gasteiger partial charge in [-0.15, -0.1) is 0 Å². The maximum atomic E-state index is 10.9. The molecule has 2 amide bonds. The molecular weight excluding hydrogens is 232 g/mol. The van der Waals surface area contributed by atoms with Crippen molar-refractivity contribution in [2.45, 2.75) is 0 Å². The maximum Gasteiger partial charge on any atom is 0.433 e. The molecule has 1 aromatic heterocycles. The molecule has 1 aromatic rings. The molecule has 1 heterocycles. The van der Waals surface area contributed by atoms with Crippen molar-refractivity contribution in [3.8, 4) is 0 Å². The van der Waals surface area contributed by atoms with Crippen molar-refractivity contribution in [3.05, 3.63) is 28.0 Å². The number of hydrogen-bond donors (Lipinski definition) is 3. The summed E-state index contributed by atoms with van der Waals surface area (Å²) in [7, 11) is 0. The largest absolute Gasteiger partial charge is 0.433 e. The number of carbonyl (C=O) groups is 1. The van der Waals surface area contributed by atoms with Crippen LogP contribution in [-0.4, -0.2) is 35.4 Å². The third-order valence-electron chi connectivity index (χ3n) is 1.55. The van der Waals surface area contributed by atoms with E-state index in [1.54, 1.807) is 0 Å². The number of amides is 2. The smallest absolute Gasteiger partial charge is 0.400 e. The second-order valence-electron chi connectivity index (χ2n) is 2.78. The van der Waals surface area contributed by atoms with E-state index in [-0.39, 0.29) is 18.9 Å². The first-order chi connectivity index (χ1) is 8.13. The number of urea groups is 1. The summed E-state index contributed by atoms with van der Waals surface area (Å²) in [6.45, 7) is -0.0743. The Morgan fingerprint density at radius 3 is 3.00 bits per heavy atom. The zero-order valence-electron chi connectivity index (χ0n) is 8.62. The van der Waals surface area contributed by atoms with E-state index in [1.807, 2.05) is 0 Å². The molecular formula is C8H10N4O5. The van der Waals surface area contributed by atoms with Crippen molar-refractivity contribution < 1.29 is 19.2 Å². The van der Waals surface area contributed by atoms with Gasteiger partial charge < -0.3 is 14.8 Å². The molecule has 0 aliphatic carbocycles. The van der Waals surface area contributed by atoms with Crippen LogP contribution < -0.4 is 10.7 Å². The number of nitrogens with zero attached hydrogens (tertiary/aromatic N) is 2. The molecule has 0 saturated carbocycles. The van der Waals surface area contributed by atoms with Gasteiger partial charge in [0.1, 0.15) is 4.92 Å². The number of carbonyl (C=O) groups excluding carboxylic acids is 1. The molecule has 0 unspecified atom stereocenters. The fourth-order valence-electron chi connectivity index (χ4n) is 0.873. The lowest BCUT2D eigenvalue weighted by molar-refractivity contribution is -0.402. The molecule has 0 atom stereocenters. The number of hydrogen-bond acceptors (Lipinski definition) is 6. The molecule has 17 heavy (non-hydrogen) atoms. The Balaban J connectivity index is 2.42. The summed E-state index contributed by atoms with van der Waals surface area (Å²) in [5, 5.41) is 24.5. The molecule has 0 aliphatic rings. The van der Waals surface area contributed by atoms with E-state index in [1.165, 1.54) is 12.1 Å². The van der Waals surface area contributed by atoms with Gasteiger partial charge in [0.05, 0.1) is 18.9 Å². The fourth-order valence-corrected chi connectivity index (χ4v) is 0.873. The van der Waals surface area contributed by atoms with E-state index in [4.69, 9.17) is 9.52 Å². The van der Waals surface area contributed by atoms with Crippen LogP contribution in [0, 0.1) is 10.1 Å². The highest BCUT2D eigenvalue weighted by Crippen LogP contribution is 2.13. The van der Waals surface area contributed by atoms with Crippen LogP contribution in [0.1, 0.15) is 5.76 Å². The maximum absolute atomic E-state index is 10.9. The molecule has 0 spiro atoms. The van der Waals surface area contributed by atoms with Crippen LogP contribution in [0.25, 0.3) is 0 Å². The minimum atomic E-state index is -0.682. The first kappa shape index (κ1) is 12.6. The standard InChI is InChI=1S/C8H10N4O5/c13-4-3-9-8(14)11-10-5-6-1-2-7(17-6)12(15)16/h1-2,5,13H,3-4H2,(H2,9,11,14)/b10-5+. The van der Waals surface area contributed by atoms with Gasteiger partial charge in [0.25, 0.3) is 0 Å². The van der Waals surface area contributed by atoms with Gasteiger partial charge in [-0.3, -0.25) is 10.1 Å². The SMILES string of the molecule is O=C(NCCO)N/N=C/c1ccc([N+](=O)[O-])o1. The summed E-state index contributed by atoms with van der Waals surface area (Å²) >= 11 is 0. The zero-order valence-corrected chi connectivity index (χ0v) is 8.62. The predicted octanol–water partition coefficient (Wildman–Crippen LogP) is -0.187. The van der Waals surface area contributed by atoms with E-state index in [0.29, 0.717) is 0 Å². The molecule has 0 aromatic carbocycles. The molecule has 0 fully saturated rings. The van der Waals surface area contributed by atoms with Gasteiger partial charge in [0.15, 0.2) is 5.76 Å². The fraction of sp³-hybridized carbons (Fsp3) is 0.250. The predicted molar refractivity (Wildman–Crippen MR) is 56.6 cm³/mol. The lowest BCUT2D eigenvalue weighted by Crippen LogP contribution is -2.34. The van der Waals surface area contributed by atoms with Crippen molar-refractivity contribution in [2.75, 3.05) is 13.2 Å². The van der Waals surface area contributed by atoms with E-state index < -0.39 is 16.8 Å². The second kappa shape index (κ2) is 6.23. The Morgan fingerprint density at radius 2 is 2.41 bits per heavy atom.